The van der Waals surface area contributed by atoms with Crippen LogP contribution >= 0.6 is 0 Å². The summed E-state index contributed by atoms with van der Waals surface area (Å²) in [6.45, 7) is -2.13. The van der Waals surface area contributed by atoms with E-state index in [0.717, 1.165) is 6.92 Å². The van der Waals surface area contributed by atoms with Gasteiger partial charge in [0.1, 0.15) is 0 Å². The molecule has 0 fully saturated rings. The van der Waals surface area contributed by atoms with Gasteiger partial charge < -0.3 is 5.11 Å². The van der Waals surface area contributed by atoms with Crippen LogP contribution in [0.15, 0.2) is 0 Å². The Labute approximate surface area is 98.7 Å². The van der Waals surface area contributed by atoms with Crippen LogP contribution < -0.4 is 0 Å². The van der Waals surface area contributed by atoms with E-state index in [4.69, 9.17) is 5.11 Å². The normalized spacial score (nSPS) is 15.4. The van der Waals surface area contributed by atoms with Crippen molar-refractivity contribution in [2.45, 2.75) is 30.6 Å². The van der Waals surface area contributed by atoms with Crippen LogP contribution in [0.5, 0.6) is 0 Å². The predicted molar refractivity (Wildman–Crippen MR) is 47.6 cm³/mol. The molecule has 1 N–H and O–H groups in total. The van der Waals surface area contributed by atoms with E-state index in [1.54, 1.807) is 0 Å². The molecule has 18 heavy (non-hydrogen) atoms. The van der Waals surface area contributed by atoms with E-state index in [9.17, 15) is 35.2 Å². The quantitative estimate of drug-likeness (QED) is 0.567. The Morgan fingerprint density at radius 1 is 1.33 bits per heavy atom. The van der Waals surface area contributed by atoms with Gasteiger partial charge in [0, 0.05) is 0 Å². The third-order valence-corrected chi connectivity index (χ3v) is 3.17. The van der Waals surface area contributed by atoms with Crippen LogP contribution in [0.25, 0.3) is 0 Å². The maximum Gasteiger partial charge on any atom is 0.434 e. The molecule has 0 aromatic rings. The van der Waals surface area contributed by atoms with Crippen molar-refractivity contribution in [3.63, 3.8) is 0 Å². The molecular weight excluding hydrogens is 291 g/mol. The van der Waals surface area contributed by atoms with E-state index < -0.39 is 46.5 Å². The van der Waals surface area contributed by atoms with E-state index in [1.807, 2.05) is 0 Å². The minimum atomic E-state index is -6.16. The van der Waals surface area contributed by atoms with Crippen molar-refractivity contribution in [3.8, 4) is 0 Å². The first kappa shape index (κ1) is 17.0. The smallest absolute Gasteiger partial charge is 0.434 e. The monoisotopic (exact) mass is 300 g/mol. The number of rotatable bonds is 7. The first-order valence-corrected chi connectivity index (χ1v) is 5.74. The molecule has 0 aromatic heterocycles. The van der Waals surface area contributed by atoms with Crippen molar-refractivity contribution in [1.82, 2.24) is 0 Å². The summed E-state index contributed by atoms with van der Waals surface area (Å²) in [4.78, 5) is 10.1. The van der Waals surface area contributed by atoms with Gasteiger partial charge in [-0.25, -0.2) is 4.39 Å². The highest BCUT2D eigenvalue weighted by Crippen LogP contribution is 2.40. The largest absolute Gasteiger partial charge is 0.481 e. The summed E-state index contributed by atoms with van der Waals surface area (Å²) in [6, 6.07) is 0. The minimum Gasteiger partial charge on any atom is -0.481 e. The Hall–Kier alpha value is -0.970. The third-order valence-electron chi connectivity index (χ3n) is 1.66. The van der Waals surface area contributed by atoms with Crippen molar-refractivity contribution < 1.29 is 44.5 Å². The van der Waals surface area contributed by atoms with E-state index in [1.165, 1.54) is 0 Å². The van der Waals surface area contributed by atoms with Gasteiger partial charge in [0.05, 0.1) is 12.5 Å². The molecular formula is C7H9F5O5S. The van der Waals surface area contributed by atoms with Crippen molar-refractivity contribution >= 4 is 16.1 Å². The second-order valence-corrected chi connectivity index (χ2v) is 4.93. The number of aliphatic carboxylic acids is 1. The molecule has 0 radical (unpaired) electrons. The second-order valence-electron chi connectivity index (χ2n) is 3.31. The maximum atomic E-state index is 12.8. The molecule has 1 unspecified atom stereocenters. The van der Waals surface area contributed by atoms with Gasteiger partial charge in [-0.15, -0.1) is 0 Å². The maximum absolute atomic E-state index is 12.8. The number of carboxylic acid groups (broad SMARTS) is 1. The molecule has 108 valence electrons. The zero-order valence-electron chi connectivity index (χ0n) is 8.87. The van der Waals surface area contributed by atoms with Crippen LogP contribution in [0, 0.1) is 0 Å². The fourth-order valence-electron chi connectivity index (χ4n) is 0.817. The lowest BCUT2D eigenvalue weighted by Gasteiger charge is -2.24. The van der Waals surface area contributed by atoms with Gasteiger partial charge in [-0.1, -0.05) is 0 Å². The SMILES string of the molecule is CC(CC(=O)O)OS(=O)(=O)C(F)(F)C(F)(F)CF. The lowest BCUT2D eigenvalue weighted by Crippen LogP contribution is -2.49. The van der Waals surface area contributed by atoms with Gasteiger partial charge in [-0.05, 0) is 6.92 Å². The van der Waals surface area contributed by atoms with Crippen LogP contribution in [-0.4, -0.2) is 43.4 Å². The Balaban J connectivity index is 5.10. The average molecular weight is 300 g/mol. The molecule has 0 aliphatic heterocycles. The van der Waals surface area contributed by atoms with Gasteiger partial charge in [-0.2, -0.15) is 26.0 Å². The van der Waals surface area contributed by atoms with Crippen molar-refractivity contribution in [1.29, 1.82) is 0 Å². The van der Waals surface area contributed by atoms with Gasteiger partial charge >= 0.3 is 27.3 Å². The second kappa shape index (κ2) is 5.34. The van der Waals surface area contributed by atoms with E-state index in [0.29, 0.717) is 0 Å². The molecule has 0 aliphatic rings. The number of alkyl halides is 5. The summed E-state index contributed by atoms with van der Waals surface area (Å²) < 4.78 is 87.5. The summed E-state index contributed by atoms with van der Waals surface area (Å²) in [6.07, 6.45) is -2.80. The molecule has 0 rings (SSSR count). The summed E-state index contributed by atoms with van der Waals surface area (Å²) in [5.41, 5.74) is 0. The molecule has 0 aromatic carbocycles. The molecule has 0 saturated carbocycles. The number of hydrogen-bond donors (Lipinski definition) is 1. The van der Waals surface area contributed by atoms with Crippen LogP contribution in [0.4, 0.5) is 22.0 Å². The topological polar surface area (TPSA) is 80.7 Å². The Morgan fingerprint density at radius 3 is 2.11 bits per heavy atom. The predicted octanol–water partition coefficient (Wildman–Crippen LogP) is 1.39. The summed E-state index contributed by atoms with van der Waals surface area (Å²) in [5, 5.41) is 2.43. The van der Waals surface area contributed by atoms with Gasteiger partial charge in [0.15, 0.2) is 6.67 Å². The van der Waals surface area contributed by atoms with E-state index in [-0.39, 0.29) is 0 Å². The van der Waals surface area contributed by atoms with Gasteiger partial charge in [0.25, 0.3) is 0 Å². The van der Waals surface area contributed by atoms with Crippen LogP contribution in [0.2, 0.25) is 0 Å². The highest BCUT2D eigenvalue weighted by molar-refractivity contribution is 7.87. The molecule has 0 spiro atoms. The fourth-order valence-corrected chi connectivity index (χ4v) is 1.86. The third kappa shape index (κ3) is 3.51. The molecule has 11 heteroatoms. The number of carbonyl (C=O) groups is 1. The lowest BCUT2D eigenvalue weighted by atomic mass is 10.3. The fraction of sp³-hybridized carbons (Fsp3) is 0.857. The summed E-state index contributed by atoms with van der Waals surface area (Å²) in [5.74, 6) is -7.05. The molecule has 0 amide bonds. The van der Waals surface area contributed by atoms with Crippen LogP contribution in [-0.2, 0) is 19.1 Å². The molecule has 1 atom stereocenters. The Morgan fingerprint density at radius 2 is 1.78 bits per heavy atom. The van der Waals surface area contributed by atoms with Crippen molar-refractivity contribution in [2.24, 2.45) is 0 Å². The standard InChI is InChI=1S/C7H9F5O5S/c1-4(2-5(13)14)17-18(15,16)7(11,12)6(9,10)3-8/h4H,2-3H2,1H3,(H,13,14). The Bertz CT molecular complexity index is 406. The van der Waals surface area contributed by atoms with Crippen molar-refractivity contribution in [3.05, 3.63) is 0 Å². The first-order chi connectivity index (χ1) is 7.87. The van der Waals surface area contributed by atoms with Gasteiger partial charge in [-0.3, -0.25) is 8.98 Å². The number of hydrogen-bond acceptors (Lipinski definition) is 4. The van der Waals surface area contributed by atoms with E-state index in [2.05, 4.69) is 4.18 Å². The molecule has 0 heterocycles. The lowest BCUT2D eigenvalue weighted by molar-refractivity contribution is -0.170. The number of carboxylic acids is 1. The van der Waals surface area contributed by atoms with Crippen LogP contribution in [0.3, 0.4) is 0 Å². The molecule has 0 bridgehead atoms. The molecule has 0 saturated heterocycles. The zero-order chi connectivity index (χ0) is 14.8. The highest BCUT2D eigenvalue weighted by Gasteiger charge is 2.67. The number of halogens is 5. The zero-order valence-corrected chi connectivity index (χ0v) is 9.69. The van der Waals surface area contributed by atoms with E-state index >= 15 is 0 Å². The Kier molecular flexibility index (Phi) is 5.06. The first-order valence-electron chi connectivity index (χ1n) is 4.33. The summed E-state index contributed by atoms with van der Waals surface area (Å²) in [7, 11) is -6.16. The minimum absolute atomic E-state index is 0.773. The highest BCUT2D eigenvalue weighted by atomic mass is 32.2. The molecule has 0 aliphatic carbocycles. The molecule has 5 nitrogen and oxygen atoms in total. The van der Waals surface area contributed by atoms with Crippen molar-refractivity contribution in [2.75, 3.05) is 6.67 Å². The average Bonchev–Trinajstić information content (AvgIpc) is 2.14. The van der Waals surface area contributed by atoms with Gasteiger partial charge in [0.2, 0.25) is 0 Å². The summed E-state index contributed by atoms with van der Waals surface area (Å²) >= 11 is 0. The van der Waals surface area contributed by atoms with Crippen LogP contribution in [0.1, 0.15) is 13.3 Å².